The minimum Gasteiger partial charge on any atom is -0.454 e. The molecule has 4 nitrogen and oxygen atoms in total. The number of hydrogen-bond acceptors (Lipinski definition) is 3. The summed E-state index contributed by atoms with van der Waals surface area (Å²) < 4.78 is 25.8. The normalized spacial score (nSPS) is 22.0. The Hall–Kier alpha value is -2.56. The number of benzene rings is 2. The number of alkyl halides is 1. The number of carbonyl (C=O) groups is 1. The maximum atomic E-state index is 15.3. The van der Waals surface area contributed by atoms with Gasteiger partial charge in [-0.3, -0.25) is 4.79 Å². The molecule has 0 aromatic heterocycles. The average molecular weight is 285 g/mol. The minimum atomic E-state index is -2.05. The van der Waals surface area contributed by atoms with Gasteiger partial charge in [-0.25, -0.2) is 4.39 Å². The molecule has 0 saturated carbocycles. The molecule has 0 fully saturated rings. The van der Waals surface area contributed by atoms with Crippen molar-refractivity contribution in [3.8, 4) is 11.5 Å². The van der Waals surface area contributed by atoms with Gasteiger partial charge in [-0.2, -0.15) is 0 Å². The first-order chi connectivity index (χ1) is 10.2. The maximum absolute atomic E-state index is 15.3. The zero-order valence-corrected chi connectivity index (χ0v) is 11.1. The van der Waals surface area contributed by atoms with E-state index in [1.807, 2.05) is 0 Å². The summed E-state index contributed by atoms with van der Waals surface area (Å²) >= 11 is 0. The van der Waals surface area contributed by atoms with Crippen molar-refractivity contribution in [3.63, 3.8) is 0 Å². The predicted molar refractivity (Wildman–Crippen MR) is 74.1 cm³/mol. The molecule has 2 aliphatic heterocycles. The first-order valence-electron chi connectivity index (χ1n) is 6.65. The minimum absolute atomic E-state index is 0.0352. The first-order valence-corrected chi connectivity index (χ1v) is 6.65. The number of hydrogen-bond donors (Lipinski definition) is 1. The molecule has 21 heavy (non-hydrogen) atoms. The van der Waals surface area contributed by atoms with Gasteiger partial charge in [0.1, 0.15) is 0 Å². The van der Waals surface area contributed by atoms with Crippen LogP contribution in [0.5, 0.6) is 11.5 Å². The number of anilines is 1. The van der Waals surface area contributed by atoms with Gasteiger partial charge in [-0.05, 0) is 23.8 Å². The third kappa shape index (κ3) is 1.77. The number of rotatable bonds is 2. The van der Waals surface area contributed by atoms with Crippen molar-refractivity contribution >= 4 is 11.6 Å². The summed E-state index contributed by atoms with van der Waals surface area (Å²) in [7, 11) is 0. The molecule has 1 amide bonds. The van der Waals surface area contributed by atoms with E-state index < -0.39 is 11.6 Å². The van der Waals surface area contributed by atoms with Crippen molar-refractivity contribution in [1.29, 1.82) is 0 Å². The third-order valence-electron chi connectivity index (χ3n) is 3.85. The van der Waals surface area contributed by atoms with Gasteiger partial charge in [0.2, 0.25) is 12.5 Å². The van der Waals surface area contributed by atoms with Crippen molar-refractivity contribution in [1.82, 2.24) is 0 Å². The van der Waals surface area contributed by atoms with Crippen LogP contribution in [-0.4, -0.2) is 12.7 Å². The summed E-state index contributed by atoms with van der Waals surface area (Å²) in [6, 6.07) is 12.0. The summed E-state index contributed by atoms with van der Waals surface area (Å²) in [6.07, 6.45) is -0.0352. The summed E-state index contributed by atoms with van der Waals surface area (Å²) in [5.41, 5.74) is -0.448. The smallest absolute Gasteiger partial charge is 0.267 e. The molecule has 1 N–H and O–H groups in total. The highest BCUT2D eigenvalue weighted by molar-refractivity contribution is 6.05. The highest BCUT2D eigenvalue weighted by atomic mass is 19.1. The lowest BCUT2D eigenvalue weighted by Gasteiger charge is -2.18. The van der Waals surface area contributed by atoms with E-state index in [0.29, 0.717) is 28.3 Å². The van der Waals surface area contributed by atoms with Gasteiger partial charge >= 0.3 is 0 Å². The second kappa shape index (κ2) is 4.22. The number of para-hydroxylation sites is 1. The van der Waals surface area contributed by atoms with Crippen LogP contribution in [0, 0.1) is 0 Å². The highest BCUT2D eigenvalue weighted by Gasteiger charge is 2.47. The van der Waals surface area contributed by atoms with Gasteiger partial charge in [-0.15, -0.1) is 0 Å². The third-order valence-corrected chi connectivity index (χ3v) is 3.85. The Bertz CT molecular complexity index is 746. The van der Waals surface area contributed by atoms with Gasteiger partial charge < -0.3 is 14.8 Å². The molecule has 5 heteroatoms. The Labute approximate surface area is 120 Å². The van der Waals surface area contributed by atoms with Crippen LogP contribution in [0.2, 0.25) is 0 Å². The lowest BCUT2D eigenvalue weighted by atomic mass is 9.90. The average Bonchev–Trinajstić information content (AvgIpc) is 3.03. The fourth-order valence-electron chi connectivity index (χ4n) is 2.79. The predicted octanol–water partition coefficient (Wildman–Crippen LogP) is 2.77. The van der Waals surface area contributed by atoms with E-state index in [9.17, 15) is 4.79 Å². The topological polar surface area (TPSA) is 47.6 Å². The molecule has 0 spiro atoms. The van der Waals surface area contributed by atoms with Crippen LogP contribution < -0.4 is 14.8 Å². The zero-order valence-electron chi connectivity index (χ0n) is 11.1. The van der Waals surface area contributed by atoms with Crippen molar-refractivity contribution in [3.05, 3.63) is 53.6 Å². The highest BCUT2D eigenvalue weighted by Crippen LogP contribution is 2.42. The molecule has 2 aromatic carbocycles. The summed E-state index contributed by atoms with van der Waals surface area (Å²) in [5.74, 6) is 0.604. The van der Waals surface area contributed by atoms with E-state index in [4.69, 9.17) is 9.47 Å². The van der Waals surface area contributed by atoms with E-state index in [1.165, 1.54) is 0 Å². The van der Waals surface area contributed by atoms with Gasteiger partial charge in [0.25, 0.3) is 5.91 Å². The quantitative estimate of drug-likeness (QED) is 0.923. The Kier molecular flexibility index (Phi) is 2.45. The van der Waals surface area contributed by atoms with Gasteiger partial charge in [0.15, 0.2) is 11.5 Å². The van der Waals surface area contributed by atoms with Gasteiger partial charge in [-0.1, -0.05) is 24.3 Å². The van der Waals surface area contributed by atoms with E-state index in [2.05, 4.69) is 5.32 Å². The fraction of sp³-hybridized carbons (Fsp3) is 0.188. The molecule has 0 aliphatic carbocycles. The van der Waals surface area contributed by atoms with E-state index in [-0.39, 0.29) is 13.2 Å². The number of amides is 1. The number of ether oxygens (including phenoxy) is 2. The molecule has 2 aromatic rings. The molecule has 2 heterocycles. The molecule has 0 unspecified atom stereocenters. The standard InChI is InChI=1S/C16H12FNO3/c17-16(11-3-1-2-4-12(11)18-15(16)19)8-10-5-6-13-14(7-10)21-9-20-13/h1-7H,8-9H2,(H,18,19)/t16-/m0/s1. The van der Waals surface area contributed by atoms with Crippen LogP contribution in [-0.2, 0) is 16.9 Å². The lowest BCUT2D eigenvalue weighted by molar-refractivity contribution is -0.126. The second-order valence-electron chi connectivity index (χ2n) is 5.17. The van der Waals surface area contributed by atoms with E-state index >= 15 is 4.39 Å². The SMILES string of the molecule is O=C1Nc2ccccc2[C@@]1(F)Cc1ccc2c(c1)OCO2. The van der Waals surface area contributed by atoms with Crippen LogP contribution in [0.1, 0.15) is 11.1 Å². The summed E-state index contributed by atoms with van der Waals surface area (Å²) in [5, 5.41) is 2.59. The van der Waals surface area contributed by atoms with Crippen LogP contribution in [0.15, 0.2) is 42.5 Å². The fourth-order valence-corrected chi connectivity index (χ4v) is 2.79. The number of halogens is 1. The van der Waals surface area contributed by atoms with Crippen molar-refractivity contribution in [2.45, 2.75) is 12.1 Å². The second-order valence-corrected chi connectivity index (χ2v) is 5.17. The van der Waals surface area contributed by atoms with Crippen LogP contribution in [0.3, 0.4) is 0 Å². The first kappa shape index (κ1) is 12.2. The molecule has 4 rings (SSSR count). The molecule has 0 radical (unpaired) electrons. The summed E-state index contributed by atoms with van der Waals surface area (Å²) in [4.78, 5) is 12.0. The summed E-state index contributed by atoms with van der Waals surface area (Å²) in [6.45, 7) is 0.170. The molecule has 2 aliphatic rings. The largest absolute Gasteiger partial charge is 0.454 e. The Morgan fingerprint density at radius 3 is 2.86 bits per heavy atom. The number of fused-ring (bicyclic) bond motifs is 2. The molecule has 0 bridgehead atoms. The molecule has 106 valence electrons. The van der Waals surface area contributed by atoms with Crippen molar-refractivity contribution < 1.29 is 18.7 Å². The van der Waals surface area contributed by atoms with Gasteiger partial charge in [0.05, 0.1) is 0 Å². The molecule has 0 saturated heterocycles. The zero-order chi connectivity index (χ0) is 14.4. The Morgan fingerprint density at radius 2 is 1.95 bits per heavy atom. The maximum Gasteiger partial charge on any atom is 0.267 e. The molecular formula is C16H12FNO3. The Morgan fingerprint density at radius 1 is 1.14 bits per heavy atom. The molecule has 1 atom stereocenters. The Balaban J connectivity index is 1.72. The lowest BCUT2D eigenvalue weighted by Crippen LogP contribution is -2.31. The van der Waals surface area contributed by atoms with Gasteiger partial charge in [0, 0.05) is 17.7 Å². The number of nitrogens with one attached hydrogen (secondary N) is 1. The van der Waals surface area contributed by atoms with E-state index in [0.717, 1.165) is 0 Å². The van der Waals surface area contributed by atoms with E-state index in [1.54, 1.807) is 42.5 Å². The van der Waals surface area contributed by atoms with Crippen molar-refractivity contribution in [2.75, 3.05) is 12.1 Å². The van der Waals surface area contributed by atoms with Crippen LogP contribution in [0.4, 0.5) is 10.1 Å². The van der Waals surface area contributed by atoms with Crippen LogP contribution in [0.25, 0.3) is 0 Å². The van der Waals surface area contributed by atoms with Crippen LogP contribution >= 0.6 is 0 Å². The number of carbonyl (C=O) groups excluding carboxylic acids is 1. The van der Waals surface area contributed by atoms with Crippen molar-refractivity contribution in [2.24, 2.45) is 0 Å². The monoisotopic (exact) mass is 285 g/mol. The molecular weight excluding hydrogens is 273 g/mol.